The fourth-order valence-corrected chi connectivity index (χ4v) is 8.76. The highest BCUT2D eigenvalue weighted by atomic mass is 28.2. The highest BCUT2D eigenvalue weighted by Gasteiger charge is 2.31. The van der Waals surface area contributed by atoms with Crippen LogP contribution in [0.15, 0.2) is 133 Å². The lowest BCUT2D eigenvalue weighted by Gasteiger charge is -2.19. The van der Waals surface area contributed by atoms with Crippen molar-refractivity contribution >= 4 is 43.2 Å². The van der Waals surface area contributed by atoms with Crippen LogP contribution >= 0.6 is 0 Å². The van der Waals surface area contributed by atoms with E-state index in [0.29, 0.717) is 0 Å². The van der Waals surface area contributed by atoms with Gasteiger partial charge in [0.2, 0.25) is 0 Å². The normalized spacial score (nSPS) is 14.9. The molecule has 2 radical (unpaired) electrons. The summed E-state index contributed by atoms with van der Waals surface area (Å²) >= 11 is 0. The van der Waals surface area contributed by atoms with Crippen molar-refractivity contribution in [2.24, 2.45) is 0 Å². The summed E-state index contributed by atoms with van der Waals surface area (Å²) in [5.41, 5.74) is 15.4. The Labute approximate surface area is 238 Å². The minimum Gasteiger partial charge on any atom is -0.0758 e. The van der Waals surface area contributed by atoms with Crippen LogP contribution in [-0.2, 0) is 0 Å². The van der Waals surface area contributed by atoms with Crippen LogP contribution in [0.1, 0.15) is 29.2 Å². The first-order chi connectivity index (χ1) is 19.8. The van der Waals surface area contributed by atoms with Crippen molar-refractivity contribution in [3.63, 3.8) is 0 Å². The van der Waals surface area contributed by atoms with Gasteiger partial charge in [-0.1, -0.05) is 145 Å². The molecule has 0 amide bonds. The fraction of sp³-hybridized carbons (Fsp3) is 0.0256. The van der Waals surface area contributed by atoms with E-state index >= 15 is 0 Å². The average Bonchev–Trinajstić information content (AvgIpc) is 3.57. The minimum atomic E-state index is -0.696. The Hall–Kier alpha value is -4.46. The zero-order valence-corrected chi connectivity index (χ0v) is 23.9. The third kappa shape index (κ3) is 3.66. The van der Waals surface area contributed by atoms with Gasteiger partial charge >= 0.3 is 0 Å². The van der Waals surface area contributed by atoms with Gasteiger partial charge in [0, 0.05) is 11.1 Å². The predicted molar refractivity (Wildman–Crippen MR) is 175 cm³/mol. The molecule has 0 saturated heterocycles. The molecule has 6 aromatic carbocycles. The number of allylic oxidation sites excluding steroid dienone is 2. The average molecular weight is 525 g/mol. The van der Waals surface area contributed by atoms with E-state index < -0.39 is 9.52 Å². The Balaban J connectivity index is 1.17. The van der Waals surface area contributed by atoms with E-state index in [2.05, 4.69) is 146 Å². The molecule has 8 rings (SSSR count). The standard InChI is InChI=1S/C39H28Si/c1-25-24-37-33(31-17-7-13-27-11-3-5-15-29(27)31)19-9-21-36(37)39(25)40-38-23-22-34-32(18-8-20-35(34)38)30-16-6-12-26-10-2-4-14-28(26)30/h2-24H,40H2,1H3. The zero-order chi connectivity index (χ0) is 26.6. The van der Waals surface area contributed by atoms with E-state index in [1.807, 2.05) is 0 Å². The quantitative estimate of drug-likeness (QED) is 0.202. The minimum absolute atomic E-state index is 0.696. The Morgan fingerprint density at radius 3 is 1.60 bits per heavy atom. The number of benzene rings is 6. The van der Waals surface area contributed by atoms with Gasteiger partial charge in [0.1, 0.15) is 0 Å². The van der Waals surface area contributed by atoms with Crippen LogP contribution in [-0.4, -0.2) is 9.52 Å². The largest absolute Gasteiger partial charge is 0.0758 e. The third-order valence-electron chi connectivity index (χ3n) is 8.70. The van der Waals surface area contributed by atoms with Gasteiger partial charge in [-0.3, -0.25) is 0 Å². The number of hydrogen-bond donors (Lipinski definition) is 0. The van der Waals surface area contributed by atoms with Crippen LogP contribution in [0.3, 0.4) is 0 Å². The lowest BCUT2D eigenvalue weighted by Crippen LogP contribution is -2.16. The van der Waals surface area contributed by atoms with Gasteiger partial charge in [-0.15, -0.1) is 0 Å². The Morgan fingerprint density at radius 2 is 0.925 bits per heavy atom. The molecule has 0 spiro atoms. The molecule has 2 aliphatic carbocycles. The van der Waals surface area contributed by atoms with E-state index in [1.54, 1.807) is 5.54 Å². The van der Waals surface area contributed by atoms with Crippen LogP contribution < -0.4 is 0 Å². The van der Waals surface area contributed by atoms with E-state index in [9.17, 15) is 0 Å². The molecule has 0 unspecified atom stereocenters. The van der Waals surface area contributed by atoms with E-state index in [4.69, 9.17) is 0 Å². The summed E-state index contributed by atoms with van der Waals surface area (Å²) in [4.78, 5) is 0. The maximum atomic E-state index is 2.43. The summed E-state index contributed by atoms with van der Waals surface area (Å²) in [5.74, 6) is 0. The van der Waals surface area contributed by atoms with Gasteiger partial charge in [0.15, 0.2) is 0 Å². The SMILES string of the molecule is CC1=Cc2c(cccc2-c2cccc3ccccc23)[C]1[SiH2][C]1C=Cc2c1cccc2-c1cccc2ccccc12. The monoisotopic (exact) mass is 524 g/mol. The van der Waals surface area contributed by atoms with Crippen LogP contribution in [0.4, 0.5) is 0 Å². The predicted octanol–water partition coefficient (Wildman–Crippen LogP) is 9.40. The smallest absolute Gasteiger partial charge is 0.0571 e. The van der Waals surface area contributed by atoms with Crippen LogP contribution in [0, 0.1) is 11.1 Å². The van der Waals surface area contributed by atoms with Crippen LogP contribution in [0.25, 0.3) is 56.0 Å². The Bertz CT molecular complexity index is 2000. The number of rotatable bonds is 4. The van der Waals surface area contributed by atoms with Crippen molar-refractivity contribution in [1.29, 1.82) is 0 Å². The molecule has 188 valence electrons. The molecule has 0 fully saturated rings. The third-order valence-corrected chi connectivity index (χ3v) is 11.0. The molecule has 6 aromatic rings. The molecule has 40 heavy (non-hydrogen) atoms. The Morgan fingerprint density at radius 1 is 0.425 bits per heavy atom. The highest BCUT2D eigenvalue weighted by molar-refractivity contribution is 6.56. The van der Waals surface area contributed by atoms with E-state index in [0.717, 1.165) is 0 Å². The van der Waals surface area contributed by atoms with Crippen LogP contribution in [0.5, 0.6) is 0 Å². The molecule has 0 bridgehead atoms. The van der Waals surface area contributed by atoms with Crippen molar-refractivity contribution in [1.82, 2.24) is 0 Å². The van der Waals surface area contributed by atoms with Gasteiger partial charge in [0.25, 0.3) is 0 Å². The highest BCUT2D eigenvalue weighted by Crippen LogP contribution is 2.45. The molecular formula is C39H28Si. The summed E-state index contributed by atoms with van der Waals surface area (Å²) in [7, 11) is -0.696. The lowest BCUT2D eigenvalue weighted by atomic mass is 9.93. The molecule has 0 nitrogen and oxygen atoms in total. The van der Waals surface area contributed by atoms with Gasteiger partial charge < -0.3 is 0 Å². The van der Waals surface area contributed by atoms with Crippen molar-refractivity contribution in [3.05, 3.63) is 166 Å². The van der Waals surface area contributed by atoms with Crippen molar-refractivity contribution < 1.29 is 0 Å². The summed E-state index contributed by atoms with van der Waals surface area (Å²) in [5, 5.41) is 5.22. The second-order valence-corrected chi connectivity index (χ2v) is 12.8. The topological polar surface area (TPSA) is 0 Å². The summed E-state index contributed by atoms with van der Waals surface area (Å²) in [6.07, 6.45) is 7.19. The number of hydrogen-bond acceptors (Lipinski definition) is 0. The summed E-state index contributed by atoms with van der Waals surface area (Å²) in [6.45, 7) is 2.31. The second kappa shape index (κ2) is 9.33. The Kier molecular flexibility index (Phi) is 5.46. The molecule has 0 saturated carbocycles. The summed E-state index contributed by atoms with van der Waals surface area (Å²) in [6, 6.07) is 44.5. The summed E-state index contributed by atoms with van der Waals surface area (Å²) < 4.78 is 0. The lowest BCUT2D eigenvalue weighted by molar-refractivity contribution is 1.35. The molecule has 2 aliphatic rings. The van der Waals surface area contributed by atoms with Gasteiger partial charge in [0.05, 0.1) is 9.52 Å². The molecule has 0 aliphatic heterocycles. The van der Waals surface area contributed by atoms with Crippen molar-refractivity contribution in [2.45, 2.75) is 6.92 Å². The van der Waals surface area contributed by atoms with Gasteiger partial charge in [-0.05, 0) is 73.0 Å². The molecule has 0 aromatic heterocycles. The van der Waals surface area contributed by atoms with E-state index in [-0.39, 0.29) is 0 Å². The second-order valence-electron chi connectivity index (χ2n) is 10.9. The molecule has 0 heterocycles. The van der Waals surface area contributed by atoms with Gasteiger partial charge in [-0.2, -0.15) is 0 Å². The zero-order valence-electron chi connectivity index (χ0n) is 22.5. The first kappa shape index (κ1) is 23.4. The maximum Gasteiger partial charge on any atom is 0.0571 e. The molecule has 1 heteroatoms. The van der Waals surface area contributed by atoms with E-state index in [1.165, 1.54) is 77.2 Å². The van der Waals surface area contributed by atoms with Crippen molar-refractivity contribution in [2.75, 3.05) is 0 Å². The maximum absolute atomic E-state index is 2.43. The molecule has 0 N–H and O–H groups in total. The molecular weight excluding hydrogens is 497 g/mol. The van der Waals surface area contributed by atoms with Gasteiger partial charge in [-0.25, -0.2) is 0 Å². The first-order valence-corrected chi connectivity index (χ1v) is 15.5. The van der Waals surface area contributed by atoms with Crippen molar-refractivity contribution in [3.8, 4) is 22.3 Å². The fourth-order valence-electron chi connectivity index (χ4n) is 6.77. The van der Waals surface area contributed by atoms with Crippen LogP contribution in [0.2, 0.25) is 0 Å². The first-order valence-electron chi connectivity index (χ1n) is 14.1. The number of fused-ring (bicyclic) bond motifs is 4. The molecule has 0 atom stereocenters.